The zero-order chi connectivity index (χ0) is 15.6. The molecule has 0 aliphatic heterocycles. The second-order valence-corrected chi connectivity index (χ2v) is 5.30. The number of hydrogen-bond donors (Lipinski definition) is 2. The first-order chi connectivity index (χ1) is 9.82. The molecular formula is C16H16F2N2O. The van der Waals surface area contributed by atoms with Crippen molar-refractivity contribution in [2.75, 3.05) is 11.1 Å². The summed E-state index contributed by atoms with van der Waals surface area (Å²) in [5.41, 5.74) is 4.96. The average molecular weight is 290 g/mol. The summed E-state index contributed by atoms with van der Waals surface area (Å²) in [7, 11) is 0. The van der Waals surface area contributed by atoms with Crippen molar-refractivity contribution in [3.8, 4) is 0 Å². The van der Waals surface area contributed by atoms with Gasteiger partial charge < -0.3 is 11.1 Å². The lowest BCUT2D eigenvalue weighted by molar-refractivity contribution is -0.120. The Hall–Kier alpha value is -2.43. The third-order valence-corrected chi connectivity index (χ3v) is 3.40. The molecule has 1 amide bonds. The summed E-state index contributed by atoms with van der Waals surface area (Å²) in [6.07, 6.45) is 0. The molecule has 21 heavy (non-hydrogen) atoms. The number of halogens is 2. The van der Waals surface area contributed by atoms with Gasteiger partial charge in [0.05, 0.1) is 16.8 Å². The standard InChI is InChI=1S/C16H16F2N2O/c1-16(2,10-6-4-3-5-7-10)15(21)20-14-9-13(19)11(17)8-12(14)18/h3-9H,19H2,1-2H3,(H,20,21). The highest BCUT2D eigenvalue weighted by Crippen LogP contribution is 2.27. The number of nitrogens with one attached hydrogen (secondary N) is 1. The minimum atomic E-state index is -0.864. The van der Waals surface area contributed by atoms with Gasteiger partial charge in [-0.1, -0.05) is 30.3 Å². The van der Waals surface area contributed by atoms with Gasteiger partial charge in [-0.3, -0.25) is 4.79 Å². The van der Waals surface area contributed by atoms with Crippen LogP contribution in [0.3, 0.4) is 0 Å². The molecule has 2 aromatic carbocycles. The fraction of sp³-hybridized carbons (Fsp3) is 0.188. The van der Waals surface area contributed by atoms with Gasteiger partial charge in [0.1, 0.15) is 11.6 Å². The van der Waals surface area contributed by atoms with Gasteiger partial charge in [-0.25, -0.2) is 8.78 Å². The van der Waals surface area contributed by atoms with Crippen molar-refractivity contribution in [3.05, 3.63) is 59.7 Å². The molecule has 0 radical (unpaired) electrons. The van der Waals surface area contributed by atoms with Gasteiger partial charge >= 0.3 is 0 Å². The van der Waals surface area contributed by atoms with Crippen LogP contribution in [0.4, 0.5) is 20.2 Å². The zero-order valence-electron chi connectivity index (χ0n) is 11.8. The molecule has 0 aromatic heterocycles. The first-order valence-electron chi connectivity index (χ1n) is 6.44. The normalized spacial score (nSPS) is 11.2. The summed E-state index contributed by atoms with van der Waals surface area (Å²) in [5, 5.41) is 2.46. The zero-order valence-corrected chi connectivity index (χ0v) is 11.8. The molecule has 0 spiro atoms. The molecule has 0 saturated heterocycles. The molecule has 2 rings (SSSR count). The van der Waals surface area contributed by atoms with E-state index in [1.54, 1.807) is 13.8 Å². The van der Waals surface area contributed by atoms with Gasteiger partial charge in [-0.2, -0.15) is 0 Å². The number of nitrogens with two attached hydrogens (primary N) is 1. The highest BCUT2D eigenvalue weighted by molar-refractivity contribution is 5.98. The molecule has 0 aliphatic carbocycles. The summed E-state index contributed by atoms with van der Waals surface area (Å²) >= 11 is 0. The van der Waals surface area contributed by atoms with E-state index in [-0.39, 0.29) is 11.4 Å². The number of anilines is 2. The Kier molecular flexibility index (Phi) is 3.93. The lowest BCUT2D eigenvalue weighted by Gasteiger charge is -2.24. The molecule has 3 nitrogen and oxygen atoms in total. The summed E-state index contributed by atoms with van der Waals surface area (Å²) in [4.78, 5) is 12.4. The Balaban J connectivity index is 2.28. The topological polar surface area (TPSA) is 55.1 Å². The fourth-order valence-electron chi connectivity index (χ4n) is 1.93. The van der Waals surface area contributed by atoms with Crippen molar-refractivity contribution in [1.82, 2.24) is 0 Å². The molecule has 5 heteroatoms. The number of benzene rings is 2. The lowest BCUT2D eigenvalue weighted by atomic mass is 9.83. The van der Waals surface area contributed by atoms with E-state index in [0.29, 0.717) is 6.07 Å². The molecule has 2 aromatic rings. The Morgan fingerprint density at radius 3 is 2.33 bits per heavy atom. The molecule has 3 N–H and O–H groups in total. The van der Waals surface area contributed by atoms with E-state index in [2.05, 4.69) is 5.32 Å². The molecule has 0 heterocycles. The van der Waals surface area contributed by atoms with Crippen LogP contribution in [0.5, 0.6) is 0 Å². The van der Waals surface area contributed by atoms with Gasteiger partial charge in [0.2, 0.25) is 5.91 Å². The van der Waals surface area contributed by atoms with Crippen molar-refractivity contribution in [1.29, 1.82) is 0 Å². The number of nitrogen functional groups attached to an aromatic ring is 1. The molecule has 0 saturated carbocycles. The smallest absolute Gasteiger partial charge is 0.234 e. The van der Waals surface area contributed by atoms with E-state index in [9.17, 15) is 13.6 Å². The number of hydrogen-bond acceptors (Lipinski definition) is 2. The summed E-state index contributed by atoms with van der Waals surface area (Å²) in [5.74, 6) is -2.12. The van der Waals surface area contributed by atoms with Crippen LogP contribution < -0.4 is 11.1 Å². The fourth-order valence-corrected chi connectivity index (χ4v) is 1.93. The predicted molar refractivity (Wildman–Crippen MR) is 78.9 cm³/mol. The Morgan fingerprint density at radius 2 is 1.71 bits per heavy atom. The van der Waals surface area contributed by atoms with E-state index in [4.69, 9.17) is 5.73 Å². The number of amides is 1. The largest absolute Gasteiger partial charge is 0.396 e. The van der Waals surface area contributed by atoms with Crippen LogP contribution >= 0.6 is 0 Å². The second-order valence-electron chi connectivity index (χ2n) is 5.30. The van der Waals surface area contributed by atoms with Crippen molar-refractivity contribution in [2.24, 2.45) is 0 Å². The SMILES string of the molecule is CC(C)(C(=O)Nc1cc(N)c(F)cc1F)c1ccccc1. The maximum Gasteiger partial charge on any atom is 0.234 e. The van der Waals surface area contributed by atoms with Gasteiger partial charge in [-0.05, 0) is 25.5 Å². The van der Waals surface area contributed by atoms with Gasteiger partial charge in [-0.15, -0.1) is 0 Å². The number of carbonyl (C=O) groups is 1. The monoisotopic (exact) mass is 290 g/mol. The van der Waals surface area contributed by atoms with E-state index in [0.717, 1.165) is 11.6 Å². The van der Waals surface area contributed by atoms with E-state index >= 15 is 0 Å². The van der Waals surface area contributed by atoms with Crippen LogP contribution in [0.1, 0.15) is 19.4 Å². The maximum atomic E-state index is 13.7. The van der Waals surface area contributed by atoms with Crippen LogP contribution in [-0.2, 0) is 10.2 Å². The van der Waals surface area contributed by atoms with Crippen LogP contribution in [0.2, 0.25) is 0 Å². The van der Waals surface area contributed by atoms with E-state index in [1.165, 1.54) is 0 Å². The summed E-state index contributed by atoms with van der Waals surface area (Å²) < 4.78 is 26.8. The highest BCUT2D eigenvalue weighted by Gasteiger charge is 2.30. The molecule has 0 atom stereocenters. The third-order valence-electron chi connectivity index (χ3n) is 3.40. The van der Waals surface area contributed by atoms with E-state index < -0.39 is 23.0 Å². The lowest BCUT2D eigenvalue weighted by Crippen LogP contribution is -2.35. The van der Waals surface area contributed by atoms with Crippen LogP contribution in [-0.4, -0.2) is 5.91 Å². The van der Waals surface area contributed by atoms with Gasteiger partial charge in [0.15, 0.2) is 0 Å². The molecule has 0 aliphatic rings. The predicted octanol–water partition coefficient (Wildman–Crippen LogP) is 3.46. The molecule has 110 valence electrons. The van der Waals surface area contributed by atoms with Crippen LogP contribution in [0.15, 0.2) is 42.5 Å². The third kappa shape index (κ3) is 3.02. The van der Waals surface area contributed by atoms with Crippen molar-refractivity contribution < 1.29 is 13.6 Å². The Labute approximate surface area is 121 Å². The summed E-state index contributed by atoms with van der Waals surface area (Å²) in [6.45, 7) is 3.45. The van der Waals surface area contributed by atoms with Gasteiger partial charge in [0.25, 0.3) is 0 Å². The van der Waals surface area contributed by atoms with E-state index in [1.807, 2.05) is 30.3 Å². The minimum absolute atomic E-state index is 0.136. The first kappa shape index (κ1) is 15.0. The van der Waals surface area contributed by atoms with Crippen molar-refractivity contribution in [2.45, 2.75) is 19.3 Å². The van der Waals surface area contributed by atoms with Crippen molar-refractivity contribution >= 4 is 17.3 Å². The quantitative estimate of drug-likeness (QED) is 0.850. The molecule has 0 fully saturated rings. The van der Waals surface area contributed by atoms with Crippen LogP contribution in [0, 0.1) is 11.6 Å². The molecule has 0 bridgehead atoms. The average Bonchev–Trinajstić information content (AvgIpc) is 2.45. The Morgan fingerprint density at radius 1 is 1.10 bits per heavy atom. The summed E-state index contributed by atoms with van der Waals surface area (Å²) in [6, 6.07) is 10.8. The highest BCUT2D eigenvalue weighted by atomic mass is 19.1. The van der Waals surface area contributed by atoms with Crippen LogP contribution in [0.25, 0.3) is 0 Å². The number of carbonyl (C=O) groups excluding carboxylic acids is 1. The first-order valence-corrected chi connectivity index (χ1v) is 6.44. The second kappa shape index (κ2) is 5.52. The van der Waals surface area contributed by atoms with Crippen molar-refractivity contribution in [3.63, 3.8) is 0 Å². The minimum Gasteiger partial charge on any atom is -0.396 e. The Bertz CT molecular complexity index is 669. The molecule has 0 unspecified atom stereocenters. The van der Waals surface area contributed by atoms with Gasteiger partial charge in [0, 0.05) is 6.07 Å². The maximum absolute atomic E-state index is 13.7. The molecular weight excluding hydrogens is 274 g/mol. The number of rotatable bonds is 3.